The van der Waals surface area contributed by atoms with Crippen LogP contribution in [0.4, 0.5) is 10.1 Å². The summed E-state index contributed by atoms with van der Waals surface area (Å²) in [6.45, 7) is 3.60. The lowest BCUT2D eigenvalue weighted by Crippen LogP contribution is -2.30. The molecule has 0 spiro atoms. The van der Waals surface area contributed by atoms with Gasteiger partial charge in [-0.05, 0) is 50.2 Å². The van der Waals surface area contributed by atoms with E-state index in [1.807, 2.05) is 31.2 Å². The molecule has 1 amide bonds. The summed E-state index contributed by atoms with van der Waals surface area (Å²) in [5, 5.41) is 2.55. The minimum Gasteiger partial charge on any atom is -0.493 e. The Balaban J connectivity index is 1.72. The summed E-state index contributed by atoms with van der Waals surface area (Å²) < 4.78 is 23.3. The minimum atomic E-state index is -0.961. The largest absolute Gasteiger partial charge is 0.493 e. The first-order chi connectivity index (χ1) is 11.9. The first-order valence-electron chi connectivity index (χ1n) is 7.89. The molecule has 0 unspecified atom stereocenters. The number of nitrogens with one attached hydrogen (secondary N) is 1. The third-order valence-electron chi connectivity index (χ3n) is 3.39. The summed E-state index contributed by atoms with van der Waals surface area (Å²) in [6, 6.07) is 12.8. The number of amides is 1. The quantitative estimate of drug-likeness (QED) is 0.781. The summed E-state index contributed by atoms with van der Waals surface area (Å²) in [6.07, 6.45) is -0.931. The first kappa shape index (κ1) is 18.4. The van der Waals surface area contributed by atoms with Gasteiger partial charge < -0.3 is 14.8 Å². The Morgan fingerprint density at radius 1 is 1.08 bits per heavy atom. The van der Waals surface area contributed by atoms with Crippen LogP contribution < -0.4 is 10.1 Å². The molecule has 1 atom stereocenters. The number of carbonyl (C=O) groups is 2. The fourth-order valence-electron chi connectivity index (χ4n) is 1.97. The molecule has 0 saturated heterocycles. The zero-order valence-electron chi connectivity index (χ0n) is 14.1. The van der Waals surface area contributed by atoms with Crippen molar-refractivity contribution in [2.75, 3.05) is 11.9 Å². The molecule has 132 valence electrons. The van der Waals surface area contributed by atoms with E-state index in [0.29, 0.717) is 11.4 Å². The second-order valence-corrected chi connectivity index (χ2v) is 5.54. The van der Waals surface area contributed by atoms with Gasteiger partial charge in [-0.2, -0.15) is 0 Å². The monoisotopic (exact) mass is 345 g/mol. The number of carbonyl (C=O) groups excluding carboxylic acids is 2. The maximum absolute atomic E-state index is 12.8. The van der Waals surface area contributed by atoms with E-state index in [-0.39, 0.29) is 13.0 Å². The third-order valence-corrected chi connectivity index (χ3v) is 3.39. The molecule has 0 aliphatic rings. The second kappa shape index (κ2) is 8.82. The Labute approximate surface area is 145 Å². The Bertz CT molecular complexity index is 713. The van der Waals surface area contributed by atoms with Gasteiger partial charge in [-0.1, -0.05) is 17.7 Å². The van der Waals surface area contributed by atoms with Gasteiger partial charge in [0.2, 0.25) is 0 Å². The van der Waals surface area contributed by atoms with E-state index in [2.05, 4.69) is 5.32 Å². The minimum absolute atomic E-state index is 0.0298. The maximum atomic E-state index is 12.8. The van der Waals surface area contributed by atoms with E-state index in [4.69, 9.17) is 9.47 Å². The van der Waals surface area contributed by atoms with E-state index < -0.39 is 23.8 Å². The van der Waals surface area contributed by atoms with Crippen LogP contribution >= 0.6 is 0 Å². The van der Waals surface area contributed by atoms with Gasteiger partial charge in [0, 0.05) is 5.69 Å². The van der Waals surface area contributed by atoms with Crippen LogP contribution in [0.25, 0.3) is 0 Å². The molecule has 6 heteroatoms. The Morgan fingerprint density at radius 2 is 1.72 bits per heavy atom. The molecule has 0 aromatic heterocycles. The van der Waals surface area contributed by atoms with E-state index >= 15 is 0 Å². The van der Waals surface area contributed by atoms with Crippen molar-refractivity contribution in [3.05, 3.63) is 59.9 Å². The van der Waals surface area contributed by atoms with Crippen LogP contribution in [-0.2, 0) is 14.3 Å². The van der Waals surface area contributed by atoms with Crippen molar-refractivity contribution in [3.8, 4) is 5.75 Å². The van der Waals surface area contributed by atoms with E-state index in [0.717, 1.165) is 5.56 Å². The van der Waals surface area contributed by atoms with Crippen molar-refractivity contribution in [1.82, 2.24) is 0 Å². The Morgan fingerprint density at radius 3 is 2.36 bits per heavy atom. The average Bonchev–Trinajstić information content (AvgIpc) is 2.58. The fraction of sp³-hybridized carbons (Fsp3) is 0.263. The number of esters is 1. The van der Waals surface area contributed by atoms with Gasteiger partial charge in [-0.25, -0.2) is 4.39 Å². The first-order valence-corrected chi connectivity index (χ1v) is 7.89. The number of benzene rings is 2. The lowest BCUT2D eigenvalue weighted by atomic mass is 10.2. The Kier molecular flexibility index (Phi) is 6.51. The number of hydrogen-bond donors (Lipinski definition) is 1. The number of aryl methyl sites for hydroxylation is 1. The number of rotatable bonds is 7. The summed E-state index contributed by atoms with van der Waals surface area (Å²) in [7, 11) is 0. The van der Waals surface area contributed by atoms with Gasteiger partial charge in [-0.15, -0.1) is 0 Å². The van der Waals surface area contributed by atoms with Crippen LogP contribution in [0.1, 0.15) is 18.9 Å². The molecular weight excluding hydrogens is 325 g/mol. The van der Waals surface area contributed by atoms with Crippen molar-refractivity contribution < 1.29 is 23.5 Å². The standard InChI is InChI=1S/C19H20FNO4/c1-13-3-9-17(10-4-13)24-12-11-18(22)25-14(2)19(23)21-16-7-5-15(20)6-8-16/h3-10,14H,11-12H2,1-2H3,(H,21,23)/t14-/m1/s1. The second-order valence-electron chi connectivity index (χ2n) is 5.54. The predicted octanol–water partition coefficient (Wildman–Crippen LogP) is 3.47. The van der Waals surface area contributed by atoms with Crippen LogP contribution in [0, 0.1) is 12.7 Å². The predicted molar refractivity (Wildman–Crippen MR) is 91.9 cm³/mol. The Hall–Kier alpha value is -2.89. The zero-order chi connectivity index (χ0) is 18.2. The molecule has 0 aliphatic heterocycles. The highest BCUT2D eigenvalue weighted by Gasteiger charge is 2.18. The summed E-state index contributed by atoms with van der Waals surface area (Å²) >= 11 is 0. The summed E-state index contributed by atoms with van der Waals surface area (Å²) in [5.74, 6) is -0.750. The van der Waals surface area contributed by atoms with Gasteiger partial charge in [0.25, 0.3) is 5.91 Å². The molecule has 0 radical (unpaired) electrons. The lowest BCUT2D eigenvalue weighted by Gasteiger charge is -2.14. The van der Waals surface area contributed by atoms with Crippen LogP contribution in [0.15, 0.2) is 48.5 Å². The van der Waals surface area contributed by atoms with E-state index in [9.17, 15) is 14.0 Å². The van der Waals surface area contributed by atoms with E-state index in [1.165, 1.54) is 31.2 Å². The number of hydrogen-bond acceptors (Lipinski definition) is 4. The van der Waals surface area contributed by atoms with Crippen LogP contribution in [0.5, 0.6) is 5.75 Å². The number of halogens is 1. The topological polar surface area (TPSA) is 64.6 Å². The molecule has 0 bridgehead atoms. The molecule has 1 N–H and O–H groups in total. The molecule has 5 nitrogen and oxygen atoms in total. The molecule has 2 aromatic rings. The summed E-state index contributed by atoms with van der Waals surface area (Å²) in [5.41, 5.74) is 1.55. The molecule has 0 fully saturated rings. The number of ether oxygens (including phenoxy) is 2. The van der Waals surface area contributed by atoms with Gasteiger partial charge in [0.1, 0.15) is 11.6 Å². The van der Waals surface area contributed by atoms with Crippen molar-refractivity contribution in [2.24, 2.45) is 0 Å². The maximum Gasteiger partial charge on any atom is 0.310 e. The van der Waals surface area contributed by atoms with Crippen molar-refractivity contribution in [3.63, 3.8) is 0 Å². The van der Waals surface area contributed by atoms with Crippen LogP contribution in [0.2, 0.25) is 0 Å². The van der Waals surface area contributed by atoms with Crippen molar-refractivity contribution in [1.29, 1.82) is 0 Å². The molecule has 2 rings (SSSR count). The third kappa shape index (κ3) is 6.25. The van der Waals surface area contributed by atoms with Crippen LogP contribution in [0.3, 0.4) is 0 Å². The average molecular weight is 345 g/mol. The highest BCUT2D eigenvalue weighted by molar-refractivity contribution is 5.95. The van der Waals surface area contributed by atoms with E-state index in [1.54, 1.807) is 0 Å². The smallest absolute Gasteiger partial charge is 0.310 e. The lowest BCUT2D eigenvalue weighted by molar-refractivity contribution is -0.153. The van der Waals surface area contributed by atoms with Gasteiger partial charge in [0.15, 0.2) is 6.10 Å². The summed E-state index contributed by atoms with van der Waals surface area (Å²) in [4.78, 5) is 23.7. The molecule has 0 saturated carbocycles. The normalized spacial score (nSPS) is 11.5. The highest BCUT2D eigenvalue weighted by Crippen LogP contribution is 2.12. The van der Waals surface area contributed by atoms with Gasteiger partial charge in [-0.3, -0.25) is 9.59 Å². The zero-order valence-corrected chi connectivity index (χ0v) is 14.1. The number of anilines is 1. The van der Waals surface area contributed by atoms with Crippen molar-refractivity contribution >= 4 is 17.6 Å². The molecule has 2 aromatic carbocycles. The van der Waals surface area contributed by atoms with Crippen LogP contribution in [-0.4, -0.2) is 24.6 Å². The van der Waals surface area contributed by atoms with Crippen molar-refractivity contribution in [2.45, 2.75) is 26.4 Å². The highest BCUT2D eigenvalue weighted by atomic mass is 19.1. The molecular formula is C19H20FNO4. The molecule has 0 aliphatic carbocycles. The van der Waals surface area contributed by atoms with Gasteiger partial charge in [0.05, 0.1) is 13.0 Å². The fourth-order valence-corrected chi connectivity index (χ4v) is 1.97. The molecule has 0 heterocycles. The van der Waals surface area contributed by atoms with Gasteiger partial charge >= 0.3 is 5.97 Å². The molecule has 25 heavy (non-hydrogen) atoms. The SMILES string of the molecule is Cc1ccc(OCCC(=O)O[C@H](C)C(=O)Nc2ccc(F)cc2)cc1.